The number of para-hydroxylation sites is 1. The molecule has 2 heterocycles. The van der Waals surface area contributed by atoms with Gasteiger partial charge in [-0.2, -0.15) is 0 Å². The van der Waals surface area contributed by atoms with Crippen molar-refractivity contribution >= 4 is 23.1 Å². The molecule has 0 unspecified atom stereocenters. The van der Waals surface area contributed by atoms with E-state index in [-0.39, 0.29) is 11.3 Å². The van der Waals surface area contributed by atoms with Crippen molar-refractivity contribution in [2.45, 2.75) is 13.8 Å². The largest absolute Gasteiger partial charge is 0.507 e. The Bertz CT molecular complexity index is 1310. The number of pyridine rings is 1. The van der Waals surface area contributed by atoms with Crippen LogP contribution in [0.4, 0.5) is 4.39 Å². The zero-order valence-electron chi connectivity index (χ0n) is 15.9. The molecule has 0 amide bonds. The minimum Gasteiger partial charge on any atom is -0.507 e. The lowest BCUT2D eigenvalue weighted by molar-refractivity contribution is 0.472. The van der Waals surface area contributed by atoms with Crippen molar-refractivity contribution in [3.8, 4) is 11.4 Å². The number of aromatic nitrogens is 3. The van der Waals surface area contributed by atoms with Gasteiger partial charge >= 0.3 is 0 Å². The molecule has 0 fully saturated rings. The Morgan fingerprint density at radius 3 is 2.59 bits per heavy atom. The molecule has 0 aliphatic carbocycles. The van der Waals surface area contributed by atoms with Crippen molar-refractivity contribution in [3.05, 3.63) is 93.5 Å². The van der Waals surface area contributed by atoms with Gasteiger partial charge in [0.1, 0.15) is 17.4 Å². The molecule has 0 saturated heterocycles. The van der Waals surface area contributed by atoms with Crippen LogP contribution in [0, 0.1) is 19.7 Å². The van der Waals surface area contributed by atoms with Crippen molar-refractivity contribution in [1.82, 2.24) is 14.5 Å². The Kier molecular flexibility index (Phi) is 4.68. The van der Waals surface area contributed by atoms with Gasteiger partial charge in [0.2, 0.25) is 0 Å². The number of rotatable bonds is 3. The topological polar surface area (TPSA) is 68.0 Å². The van der Waals surface area contributed by atoms with E-state index in [2.05, 4.69) is 9.97 Å². The molecule has 0 atom stereocenters. The lowest BCUT2D eigenvalue weighted by atomic mass is 10.1. The van der Waals surface area contributed by atoms with E-state index in [1.54, 1.807) is 22.9 Å². The highest BCUT2D eigenvalue weighted by Crippen LogP contribution is 2.23. The van der Waals surface area contributed by atoms with Gasteiger partial charge in [0.25, 0.3) is 5.56 Å². The van der Waals surface area contributed by atoms with Crippen molar-refractivity contribution in [2.75, 3.05) is 0 Å². The molecule has 29 heavy (non-hydrogen) atoms. The molecule has 2 aromatic heterocycles. The summed E-state index contributed by atoms with van der Waals surface area (Å²) < 4.78 is 15.1. The van der Waals surface area contributed by atoms with E-state index in [0.29, 0.717) is 22.3 Å². The molecule has 0 saturated carbocycles. The second-order valence-corrected chi connectivity index (χ2v) is 6.78. The van der Waals surface area contributed by atoms with E-state index in [1.165, 1.54) is 30.5 Å². The number of hydrogen-bond donors (Lipinski definition) is 1. The van der Waals surface area contributed by atoms with E-state index in [1.807, 2.05) is 32.0 Å². The zero-order valence-corrected chi connectivity index (χ0v) is 15.9. The molecule has 4 rings (SSSR count). The Morgan fingerprint density at radius 2 is 1.83 bits per heavy atom. The summed E-state index contributed by atoms with van der Waals surface area (Å²) >= 11 is 0. The molecule has 0 spiro atoms. The van der Waals surface area contributed by atoms with Gasteiger partial charge in [0.15, 0.2) is 0 Å². The maximum atomic E-state index is 13.6. The number of aromatic hydroxyl groups is 1. The van der Waals surface area contributed by atoms with E-state index in [4.69, 9.17) is 0 Å². The first-order chi connectivity index (χ1) is 14.0. The minimum absolute atomic E-state index is 0.0638. The fourth-order valence-corrected chi connectivity index (χ4v) is 3.36. The maximum absolute atomic E-state index is 13.6. The second-order valence-electron chi connectivity index (χ2n) is 6.78. The molecule has 0 aliphatic rings. The van der Waals surface area contributed by atoms with E-state index < -0.39 is 5.82 Å². The highest BCUT2D eigenvalue weighted by Gasteiger charge is 2.15. The summed E-state index contributed by atoms with van der Waals surface area (Å²) in [5, 5.41) is 10.4. The van der Waals surface area contributed by atoms with Crippen LogP contribution in [-0.4, -0.2) is 19.6 Å². The van der Waals surface area contributed by atoms with E-state index in [9.17, 15) is 14.3 Å². The Hall–Kier alpha value is -3.80. The van der Waals surface area contributed by atoms with Crippen LogP contribution in [-0.2, 0) is 0 Å². The number of phenolic OH excluding ortho intramolecular Hbond substituents is 1. The van der Waals surface area contributed by atoms with Crippen molar-refractivity contribution in [1.29, 1.82) is 0 Å². The third-order valence-corrected chi connectivity index (χ3v) is 4.76. The van der Waals surface area contributed by atoms with Crippen LogP contribution < -0.4 is 5.56 Å². The number of benzene rings is 2. The van der Waals surface area contributed by atoms with Crippen LogP contribution in [0.1, 0.15) is 22.5 Å². The average Bonchev–Trinajstić information content (AvgIpc) is 2.70. The maximum Gasteiger partial charge on any atom is 0.266 e. The van der Waals surface area contributed by atoms with Crippen LogP contribution in [0.25, 0.3) is 28.7 Å². The fourth-order valence-electron chi connectivity index (χ4n) is 3.36. The zero-order chi connectivity index (χ0) is 20.5. The molecule has 0 radical (unpaired) electrons. The molecule has 4 aromatic rings. The fraction of sp³-hybridized carbons (Fsp3) is 0.0870. The number of fused-ring (bicyclic) bond motifs is 1. The summed E-state index contributed by atoms with van der Waals surface area (Å²) in [5.41, 5.74) is 3.11. The van der Waals surface area contributed by atoms with Crippen LogP contribution in [0.3, 0.4) is 0 Å². The van der Waals surface area contributed by atoms with Gasteiger partial charge < -0.3 is 5.11 Å². The summed E-state index contributed by atoms with van der Waals surface area (Å²) in [6.45, 7) is 3.86. The molecule has 0 aliphatic heterocycles. The minimum atomic E-state index is -0.467. The van der Waals surface area contributed by atoms with Crippen LogP contribution in [0.5, 0.6) is 5.75 Å². The first-order valence-electron chi connectivity index (χ1n) is 9.05. The molecule has 144 valence electrons. The summed E-state index contributed by atoms with van der Waals surface area (Å²) in [6, 6.07) is 11.1. The third-order valence-electron chi connectivity index (χ3n) is 4.76. The van der Waals surface area contributed by atoms with Gasteiger partial charge in [0.05, 0.1) is 22.8 Å². The number of nitrogens with zero attached hydrogens (tertiary/aromatic N) is 3. The van der Waals surface area contributed by atoms with Crippen molar-refractivity contribution in [2.24, 2.45) is 0 Å². The standard InChI is InChI=1S/C23H18FN3O2/c1-14-4-3-5-15(2)22(14)27-21(9-6-16-12-17(24)7-8-20(16)28)26-19-13-25-11-10-18(19)23(27)29/h3-13,28H,1-2H3. The van der Waals surface area contributed by atoms with Gasteiger partial charge in [-0.3, -0.25) is 14.3 Å². The first kappa shape index (κ1) is 18.6. The predicted molar refractivity (Wildman–Crippen MR) is 112 cm³/mol. The van der Waals surface area contributed by atoms with Crippen molar-refractivity contribution < 1.29 is 9.50 Å². The highest BCUT2D eigenvalue weighted by atomic mass is 19.1. The number of halogens is 1. The van der Waals surface area contributed by atoms with E-state index >= 15 is 0 Å². The monoisotopic (exact) mass is 387 g/mol. The second kappa shape index (κ2) is 7.31. The average molecular weight is 387 g/mol. The summed E-state index contributed by atoms with van der Waals surface area (Å²) in [6.07, 6.45) is 6.21. The Labute approximate surface area is 166 Å². The normalized spacial score (nSPS) is 11.4. The van der Waals surface area contributed by atoms with E-state index in [0.717, 1.165) is 16.8 Å². The summed E-state index contributed by atoms with van der Waals surface area (Å²) in [4.78, 5) is 22.0. The van der Waals surface area contributed by atoms with Gasteiger partial charge in [-0.15, -0.1) is 0 Å². The Balaban J connectivity index is 2.01. The number of hydrogen-bond acceptors (Lipinski definition) is 4. The Morgan fingerprint density at radius 1 is 1.07 bits per heavy atom. The predicted octanol–water partition coefficient (Wildman–Crippen LogP) is 4.41. The number of phenols is 1. The lowest BCUT2D eigenvalue weighted by Crippen LogP contribution is -2.24. The van der Waals surface area contributed by atoms with Crippen molar-refractivity contribution in [3.63, 3.8) is 0 Å². The molecular formula is C23H18FN3O2. The number of aryl methyl sites for hydroxylation is 2. The highest BCUT2D eigenvalue weighted by molar-refractivity contribution is 5.80. The van der Waals surface area contributed by atoms with Crippen LogP contribution >= 0.6 is 0 Å². The molecule has 5 nitrogen and oxygen atoms in total. The summed E-state index contributed by atoms with van der Waals surface area (Å²) in [7, 11) is 0. The first-order valence-corrected chi connectivity index (χ1v) is 9.05. The third kappa shape index (κ3) is 3.40. The molecule has 1 N–H and O–H groups in total. The van der Waals surface area contributed by atoms with Gasteiger partial charge in [-0.1, -0.05) is 18.2 Å². The molecule has 6 heteroatoms. The molecular weight excluding hydrogens is 369 g/mol. The smallest absolute Gasteiger partial charge is 0.266 e. The molecule has 0 bridgehead atoms. The summed E-state index contributed by atoms with van der Waals surface area (Å²) in [5.74, 6) is -0.173. The van der Waals surface area contributed by atoms with Crippen LogP contribution in [0.2, 0.25) is 0 Å². The van der Waals surface area contributed by atoms with Gasteiger partial charge in [0, 0.05) is 11.8 Å². The quantitative estimate of drug-likeness (QED) is 0.565. The molecule has 2 aromatic carbocycles. The van der Waals surface area contributed by atoms with Gasteiger partial charge in [-0.05, 0) is 61.4 Å². The van der Waals surface area contributed by atoms with Crippen LogP contribution in [0.15, 0.2) is 59.7 Å². The lowest BCUT2D eigenvalue weighted by Gasteiger charge is -2.16. The SMILES string of the molecule is Cc1cccc(C)c1-n1c(C=Cc2cc(F)ccc2O)nc2cnccc2c1=O. The van der Waals surface area contributed by atoms with Gasteiger partial charge in [-0.25, -0.2) is 9.37 Å².